The van der Waals surface area contributed by atoms with E-state index >= 15 is 0 Å². The number of carbonyl (C=O) groups excluding carboxylic acids is 1. The monoisotopic (exact) mass is 616 g/mol. The maximum absolute atomic E-state index is 13.5. The molecule has 0 bridgehead atoms. The van der Waals surface area contributed by atoms with Crippen LogP contribution in [0.15, 0.2) is 77.1 Å². The lowest BCUT2D eigenvalue weighted by Crippen LogP contribution is -2.43. The van der Waals surface area contributed by atoms with Crippen LogP contribution in [0.3, 0.4) is 0 Å². The zero-order chi connectivity index (χ0) is 31.1. The Morgan fingerprint density at radius 1 is 1.09 bits per heavy atom. The van der Waals surface area contributed by atoms with Crippen LogP contribution < -0.4 is 20.5 Å². The van der Waals surface area contributed by atoms with Gasteiger partial charge < -0.3 is 25.4 Å². The first-order chi connectivity index (χ1) is 21.3. The summed E-state index contributed by atoms with van der Waals surface area (Å²) in [7, 11) is -2.43. The number of rotatable bonds is 9. The van der Waals surface area contributed by atoms with Gasteiger partial charge in [-0.2, -0.15) is 0 Å². The van der Waals surface area contributed by atoms with Gasteiger partial charge in [-0.25, -0.2) is 18.2 Å². The van der Waals surface area contributed by atoms with Crippen molar-refractivity contribution >= 4 is 50.3 Å². The molecule has 5 rings (SSSR count). The number of anilines is 2. The number of pyridine rings is 1. The number of hydrogen-bond donors (Lipinski definition) is 3. The molecule has 1 aliphatic rings. The SMILES string of the molecule is CCOc1ccc(S(=O)(=O)Nc2cncc(-c3ccc4ncc(/C(C=NC)=C/N)nc4c3)c2)cc1NC(=O)N1CCOCC1. The Hall–Kier alpha value is -5.08. The zero-order valence-electron chi connectivity index (χ0n) is 24.2. The van der Waals surface area contributed by atoms with Crippen LogP contribution in [-0.4, -0.2) is 80.5 Å². The van der Waals surface area contributed by atoms with Gasteiger partial charge in [-0.1, -0.05) is 6.07 Å². The van der Waals surface area contributed by atoms with E-state index in [0.29, 0.717) is 66.5 Å². The number of aromatic nitrogens is 3. The molecule has 2 aromatic heterocycles. The van der Waals surface area contributed by atoms with Gasteiger partial charge in [0.15, 0.2) is 0 Å². The standard InChI is InChI=1S/C30H32N8O5S/c1-3-43-29-7-5-24(14-27(29)36-30(39)38-8-10-42-11-9-38)44(40,41)37-23-12-21(17-33-18-23)20-4-6-25-26(13-20)35-28(19-34-25)22(15-31)16-32-2/h4-7,12-19,37H,3,8-11,31H2,1-2H3,(H,36,39)/b22-15+,32-16?. The lowest BCUT2D eigenvalue weighted by molar-refractivity contribution is 0.0564. The molecule has 0 saturated carbocycles. The number of nitrogens with two attached hydrogens (primary N) is 1. The molecule has 0 radical (unpaired) electrons. The average Bonchev–Trinajstić information content (AvgIpc) is 3.04. The summed E-state index contributed by atoms with van der Waals surface area (Å²) < 4.78 is 40.4. The quantitative estimate of drug-likeness (QED) is 0.237. The van der Waals surface area contributed by atoms with Gasteiger partial charge in [0.05, 0.1) is 65.2 Å². The maximum Gasteiger partial charge on any atom is 0.322 e. The number of carbonyl (C=O) groups is 1. The fourth-order valence-corrected chi connectivity index (χ4v) is 5.61. The first-order valence-corrected chi connectivity index (χ1v) is 15.3. The number of nitrogens with one attached hydrogen (secondary N) is 2. The van der Waals surface area contributed by atoms with Crippen LogP contribution in [0.2, 0.25) is 0 Å². The van der Waals surface area contributed by atoms with E-state index in [0.717, 1.165) is 5.56 Å². The molecule has 14 heteroatoms. The second kappa shape index (κ2) is 13.5. The summed E-state index contributed by atoms with van der Waals surface area (Å²) in [6, 6.07) is 11.1. The van der Waals surface area contributed by atoms with Crippen molar-refractivity contribution in [3.8, 4) is 16.9 Å². The van der Waals surface area contributed by atoms with Crippen molar-refractivity contribution in [2.24, 2.45) is 10.7 Å². The van der Waals surface area contributed by atoms with Gasteiger partial charge in [-0.05, 0) is 48.9 Å². The van der Waals surface area contributed by atoms with Crippen molar-refractivity contribution in [2.45, 2.75) is 11.8 Å². The highest BCUT2D eigenvalue weighted by molar-refractivity contribution is 7.92. The maximum atomic E-state index is 13.5. The van der Waals surface area contributed by atoms with Crippen LogP contribution in [0.25, 0.3) is 27.7 Å². The van der Waals surface area contributed by atoms with Crippen LogP contribution in [0.5, 0.6) is 5.75 Å². The molecular weight excluding hydrogens is 584 g/mol. The van der Waals surface area contributed by atoms with E-state index in [1.807, 2.05) is 18.2 Å². The molecule has 3 heterocycles. The number of benzene rings is 2. The molecule has 0 atom stereocenters. The van der Waals surface area contributed by atoms with Crippen molar-refractivity contribution < 1.29 is 22.7 Å². The van der Waals surface area contributed by atoms with E-state index < -0.39 is 10.0 Å². The van der Waals surface area contributed by atoms with Gasteiger partial charge in [0.25, 0.3) is 10.0 Å². The van der Waals surface area contributed by atoms with E-state index in [1.54, 1.807) is 43.5 Å². The molecule has 13 nitrogen and oxygen atoms in total. The number of sulfonamides is 1. The molecule has 1 aliphatic heterocycles. The molecular formula is C30H32N8O5S. The smallest absolute Gasteiger partial charge is 0.322 e. The van der Waals surface area contributed by atoms with Crippen molar-refractivity contribution in [2.75, 3.05) is 50.0 Å². The van der Waals surface area contributed by atoms with E-state index in [1.165, 1.54) is 30.6 Å². The van der Waals surface area contributed by atoms with E-state index in [4.69, 9.17) is 15.2 Å². The number of fused-ring (bicyclic) bond motifs is 1. The van der Waals surface area contributed by atoms with Gasteiger partial charge in [-0.15, -0.1) is 0 Å². The third kappa shape index (κ3) is 6.93. The fourth-order valence-electron chi connectivity index (χ4n) is 4.55. The third-order valence-corrected chi connectivity index (χ3v) is 8.09. The topological polar surface area (TPSA) is 174 Å². The van der Waals surface area contributed by atoms with Crippen molar-refractivity contribution in [3.05, 3.63) is 72.9 Å². The van der Waals surface area contributed by atoms with Gasteiger partial charge in [0.1, 0.15) is 5.75 Å². The second-order valence-electron chi connectivity index (χ2n) is 9.66. The predicted octanol–water partition coefficient (Wildman–Crippen LogP) is 3.76. The summed E-state index contributed by atoms with van der Waals surface area (Å²) in [5.74, 6) is 0.357. The van der Waals surface area contributed by atoms with Gasteiger partial charge in [-0.3, -0.25) is 19.7 Å². The van der Waals surface area contributed by atoms with E-state index in [2.05, 4.69) is 30.0 Å². The highest BCUT2D eigenvalue weighted by Crippen LogP contribution is 2.30. The minimum atomic E-state index is -4.07. The highest BCUT2D eigenvalue weighted by atomic mass is 32.2. The Bertz CT molecular complexity index is 1840. The molecule has 2 amide bonds. The molecule has 4 aromatic rings. The average molecular weight is 617 g/mol. The minimum Gasteiger partial charge on any atom is -0.492 e. The normalized spacial score (nSPS) is 14.1. The number of amides is 2. The molecule has 2 aromatic carbocycles. The van der Waals surface area contributed by atoms with Crippen molar-refractivity contribution in [1.29, 1.82) is 0 Å². The molecule has 1 saturated heterocycles. The number of allylic oxidation sites excluding steroid dienone is 1. The lowest BCUT2D eigenvalue weighted by Gasteiger charge is -2.27. The van der Waals surface area contributed by atoms with E-state index in [-0.39, 0.29) is 22.3 Å². The second-order valence-corrected chi connectivity index (χ2v) is 11.3. The Kier molecular flexibility index (Phi) is 9.31. The summed E-state index contributed by atoms with van der Waals surface area (Å²) in [6.45, 7) is 3.88. The lowest BCUT2D eigenvalue weighted by atomic mass is 10.1. The number of nitrogens with zero attached hydrogens (tertiary/aromatic N) is 5. The van der Waals surface area contributed by atoms with Crippen LogP contribution in [0, 0.1) is 0 Å². The largest absolute Gasteiger partial charge is 0.492 e. The summed E-state index contributed by atoms with van der Waals surface area (Å²) in [6.07, 6.45) is 7.68. The molecule has 0 spiro atoms. The molecule has 228 valence electrons. The summed E-state index contributed by atoms with van der Waals surface area (Å²) >= 11 is 0. The predicted molar refractivity (Wildman–Crippen MR) is 169 cm³/mol. The Balaban J connectivity index is 1.40. The number of aliphatic imine (C=N–C) groups is 1. The fraction of sp³-hybridized carbons (Fsp3) is 0.233. The zero-order valence-corrected chi connectivity index (χ0v) is 25.0. The van der Waals surface area contributed by atoms with Crippen LogP contribution in [0.4, 0.5) is 16.2 Å². The van der Waals surface area contributed by atoms with Gasteiger partial charge in [0.2, 0.25) is 0 Å². The summed E-state index contributed by atoms with van der Waals surface area (Å²) in [4.78, 5) is 31.8. The van der Waals surface area contributed by atoms with Crippen molar-refractivity contribution in [3.63, 3.8) is 0 Å². The molecule has 0 unspecified atom stereocenters. The van der Waals surface area contributed by atoms with Crippen LogP contribution >= 0.6 is 0 Å². The third-order valence-electron chi connectivity index (χ3n) is 6.71. The number of urea groups is 1. The summed E-state index contributed by atoms with van der Waals surface area (Å²) in [5.41, 5.74) is 10.1. The Morgan fingerprint density at radius 2 is 1.91 bits per heavy atom. The minimum absolute atomic E-state index is 0.0588. The van der Waals surface area contributed by atoms with Crippen LogP contribution in [-0.2, 0) is 14.8 Å². The molecule has 4 N–H and O–H groups in total. The van der Waals surface area contributed by atoms with Gasteiger partial charge in [0, 0.05) is 49.9 Å². The Morgan fingerprint density at radius 3 is 2.66 bits per heavy atom. The van der Waals surface area contributed by atoms with Crippen molar-refractivity contribution in [1.82, 2.24) is 19.9 Å². The Labute approximate surface area is 254 Å². The summed E-state index contributed by atoms with van der Waals surface area (Å²) in [5, 5.41) is 2.78. The molecule has 44 heavy (non-hydrogen) atoms. The van der Waals surface area contributed by atoms with Gasteiger partial charge >= 0.3 is 6.03 Å². The molecule has 1 fully saturated rings. The number of morpholine rings is 1. The molecule has 0 aliphatic carbocycles. The first-order valence-electron chi connectivity index (χ1n) is 13.8. The first kappa shape index (κ1) is 30.4. The van der Waals surface area contributed by atoms with Crippen LogP contribution in [0.1, 0.15) is 12.6 Å². The van der Waals surface area contributed by atoms with E-state index in [9.17, 15) is 13.2 Å². The number of ether oxygens (including phenoxy) is 2. The highest BCUT2D eigenvalue weighted by Gasteiger charge is 2.22. The number of hydrogen-bond acceptors (Lipinski definition) is 10.